The number of benzene rings is 1. The van der Waals surface area contributed by atoms with E-state index in [4.69, 9.17) is 9.47 Å². The predicted molar refractivity (Wildman–Crippen MR) is 146 cm³/mol. The lowest BCUT2D eigenvalue weighted by Crippen LogP contribution is -2.51. The quantitative estimate of drug-likeness (QED) is 0.282. The Morgan fingerprint density at radius 2 is 1.75 bits per heavy atom. The highest BCUT2D eigenvalue weighted by atomic mass is 16.5. The second-order valence-corrected chi connectivity index (χ2v) is 10.9. The number of unbranched alkanes of at least 4 members (excludes halogenated alkanes) is 1. The van der Waals surface area contributed by atoms with Crippen LogP contribution in [0.2, 0.25) is 0 Å². The van der Waals surface area contributed by atoms with Crippen molar-refractivity contribution in [3.8, 4) is 11.5 Å². The molecule has 0 radical (unpaired) electrons. The van der Waals surface area contributed by atoms with Crippen LogP contribution < -0.4 is 9.64 Å². The number of carbonyl (C=O) groups excluding carboxylic acids is 3. The number of anilines is 1. The molecule has 1 aromatic heterocycles. The van der Waals surface area contributed by atoms with E-state index in [1.54, 1.807) is 12.4 Å². The summed E-state index contributed by atoms with van der Waals surface area (Å²) in [6.07, 6.45) is 7.17. The highest BCUT2D eigenvalue weighted by molar-refractivity contribution is 5.99. The maximum Gasteiger partial charge on any atom is 0.338 e. The average Bonchev–Trinajstić information content (AvgIpc) is 3.33. The van der Waals surface area contributed by atoms with E-state index in [9.17, 15) is 19.5 Å². The van der Waals surface area contributed by atoms with Gasteiger partial charge in [0.05, 0.1) is 12.7 Å². The Morgan fingerprint density at radius 3 is 2.45 bits per heavy atom. The number of phenols is 1. The fourth-order valence-corrected chi connectivity index (χ4v) is 6.17. The van der Waals surface area contributed by atoms with Crippen molar-refractivity contribution in [3.05, 3.63) is 42.2 Å². The lowest BCUT2D eigenvalue weighted by molar-refractivity contribution is -0.157. The number of aromatic hydroxyl groups is 1. The number of hydrogen-bond donors (Lipinski definition) is 1. The maximum absolute atomic E-state index is 13.1. The molecular formula is C29H37N5O6. The third-order valence-corrected chi connectivity index (χ3v) is 8.41. The number of carbonyl (C=O) groups is 3. The number of esters is 1. The van der Waals surface area contributed by atoms with Gasteiger partial charge in [0.15, 0.2) is 11.5 Å². The number of methoxy groups -OCH3 is 1. The van der Waals surface area contributed by atoms with E-state index in [1.165, 1.54) is 30.2 Å². The number of rotatable bonds is 9. The number of imide groups is 1. The van der Waals surface area contributed by atoms with E-state index in [-0.39, 0.29) is 41.7 Å². The van der Waals surface area contributed by atoms with Crippen molar-refractivity contribution in [1.29, 1.82) is 0 Å². The molecule has 1 saturated carbocycles. The molecule has 0 bridgehead atoms. The standard InChI is InChI=1S/C29H37N5O6/c1-39-23-18-21(7-8-22(23)35)27(38)40-24-6-4-9-29(24)19-25(36)34(26(37)20-29)13-3-2-12-32-14-16-33(17-15-32)28-30-10-5-11-31-28/h5,7-8,10-11,18,24,35H,2-4,6,9,12-17,19-20H2,1H3. The highest BCUT2D eigenvalue weighted by Crippen LogP contribution is 2.49. The van der Waals surface area contributed by atoms with Gasteiger partial charge in [-0.25, -0.2) is 14.8 Å². The van der Waals surface area contributed by atoms with Crippen LogP contribution in [0.5, 0.6) is 11.5 Å². The summed E-state index contributed by atoms with van der Waals surface area (Å²) in [5.41, 5.74) is -0.398. The summed E-state index contributed by atoms with van der Waals surface area (Å²) in [5.74, 6) is -0.0335. The first-order valence-electron chi connectivity index (χ1n) is 14.0. The average molecular weight is 552 g/mol. The molecule has 5 rings (SSSR count). The molecule has 2 aliphatic heterocycles. The minimum absolute atomic E-state index is 0.0688. The Bertz CT molecular complexity index is 1200. The third-order valence-electron chi connectivity index (χ3n) is 8.41. The molecule has 11 nitrogen and oxygen atoms in total. The maximum atomic E-state index is 13.1. The van der Waals surface area contributed by atoms with Crippen molar-refractivity contribution in [2.24, 2.45) is 5.41 Å². The lowest BCUT2D eigenvalue weighted by Gasteiger charge is -2.40. The molecule has 11 heteroatoms. The van der Waals surface area contributed by atoms with Crippen LogP contribution in [0.4, 0.5) is 5.95 Å². The molecule has 3 fully saturated rings. The van der Waals surface area contributed by atoms with E-state index < -0.39 is 17.5 Å². The molecule has 1 N–H and O–H groups in total. The van der Waals surface area contributed by atoms with Gasteiger partial charge in [-0.3, -0.25) is 19.4 Å². The Hall–Kier alpha value is -3.73. The van der Waals surface area contributed by atoms with Gasteiger partial charge >= 0.3 is 5.97 Å². The van der Waals surface area contributed by atoms with Crippen LogP contribution in [0.3, 0.4) is 0 Å². The van der Waals surface area contributed by atoms with Gasteiger partial charge < -0.3 is 19.5 Å². The van der Waals surface area contributed by atoms with Crippen LogP contribution in [0.25, 0.3) is 0 Å². The molecule has 1 spiro atoms. The fraction of sp³-hybridized carbons (Fsp3) is 0.552. The Morgan fingerprint density at radius 1 is 1.05 bits per heavy atom. The molecule has 1 unspecified atom stereocenters. The van der Waals surface area contributed by atoms with Crippen LogP contribution in [-0.2, 0) is 14.3 Å². The van der Waals surface area contributed by atoms with Crippen LogP contribution >= 0.6 is 0 Å². The van der Waals surface area contributed by atoms with Gasteiger partial charge in [0.25, 0.3) is 0 Å². The topological polar surface area (TPSA) is 125 Å². The SMILES string of the molecule is COc1cc(C(=O)OC2CCCC23CC(=O)N(CCCCN2CCN(c4ncccn4)CC2)C(=O)C3)ccc1O. The molecule has 1 aliphatic carbocycles. The first-order chi connectivity index (χ1) is 19.4. The number of amides is 2. The number of piperidine rings is 1. The minimum atomic E-state index is -0.649. The summed E-state index contributed by atoms with van der Waals surface area (Å²) in [6, 6.07) is 6.09. The Labute approximate surface area is 234 Å². The summed E-state index contributed by atoms with van der Waals surface area (Å²) in [7, 11) is 1.41. The van der Waals surface area contributed by atoms with Crippen molar-refractivity contribution in [2.45, 2.75) is 51.0 Å². The van der Waals surface area contributed by atoms with Crippen LogP contribution in [0.15, 0.2) is 36.7 Å². The zero-order valence-electron chi connectivity index (χ0n) is 23.0. The van der Waals surface area contributed by atoms with Gasteiger partial charge in [-0.2, -0.15) is 0 Å². The molecule has 3 heterocycles. The van der Waals surface area contributed by atoms with Gasteiger partial charge in [0, 0.05) is 63.4 Å². The number of nitrogens with zero attached hydrogens (tertiary/aromatic N) is 5. The number of aromatic nitrogens is 2. The van der Waals surface area contributed by atoms with Crippen molar-refractivity contribution in [2.75, 3.05) is 51.3 Å². The molecule has 2 aromatic rings. The van der Waals surface area contributed by atoms with Gasteiger partial charge in [-0.1, -0.05) is 0 Å². The first kappa shape index (κ1) is 27.8. The zero-order valence-corrected chi connectivity index (χ0v) is 23.0. The molecular weight excluding hydrogens is 514 g/mol. The van der Waals surface area contributed by atoms with Crippen molar-refractivity contribution in [1.82, 2.24) is 19.8 Å². The summed E-state index contributed by atoms with van der Waals surface area (Å²) >= 11 is 0. The number of hydrogen-bond acceptors (Lipinski definition) is 10. The van der Waals surface area contributed by atoms with Crippen molar-refractivity contribution >= 4 is 23.7 Å². The van der Waals surface area contributed by atoms with Crippen LogP contribution in [0, 0.1) is 5.41 Å². The highest BCUT2D eigenvalue weighted by Gasteiger charge is 2.52. The number of ether oxygens (including phenoxy) is 2. The van der Waals surface area contributed by atoms with Crippen LogP contribution in [-0.4, -0.2) is 95.1 Å². The Kier molecular flexibility index (Phi) is 8.49. The largest absolute Gasteiger partial charge is 0.504 e. The van der Waals surface area contributed by atoms with E-state index in [1.807, 2.05) is 6.07 Å². The first-order valence-corrected chi connectivity index (χ1v) is 14.0. The van der Waals surface area contributed by atoms with E-state index in [0.29, 0.717) is 19.4 Å². The summed E-state index contributed by atoms with van der Waals surface area (Å²) in [5, 5.41) is 9.81. The molecule has 214 valence electrons. The second-order valence-electron chi connectivity index (χ2n) is 10.9. The fourth-order valence-electron chi connectivity index (χ4n) is 6.17. The van der Waals surface area contributed by atoms with Crippen LogP contribution in [0.1, 0.15) is 55.3 Å². The molecule has 1 aromatic carbocycles. The second kappa shape index (κ2) is 12.2. The smallest absolute Gasteiger partial charge is 0.338 e. The normalized spacial score (nSPS) is 21.2. The summed E-state index contributed by atoms with van der Waals surface area (Å²) in [4.78, 5) is 53.8. The van der Waals surface area contributed by atoms with Crippen molar-refractivity contribution < 1.29 is 29.0 Å². The van der Waals surface area contributed by atoms with Gasteiger partial charge in [0.2, 0.25) is 17.8 Å². The van der Waals surface area contributed by atoms with E-state index in [2.05, 4.69) is 19.8 Å². The number of likely N-dealkylation sites (tertiary alicyclic amines) is 1. The zero-order chi connectivity index (χ0) is 28.1. The van der Waals surface area contributed by atoms with Gasteiger partial charge in [-0.15, -0.1) is 0 Å². The molecule has 2 saturated heterocycles. The lowest BCUT2D eigenvalue weighted by atomic mass is 9.74. The molecule has 1 atom stereocenters. The van der Waals surface area contributed by atoms with E-state index in [0.717, 1.165) is 57.9 Å². The Balaban J connectivity index is 1.08. The third kappa shape index (κ3) is 6.04. The summed E-state index contributed by atoms with van der Waals surface area (Å²) in [6.45, 7) is 4.95. The molecule has 3 aliphatic rings. The van der Waals surface area contributed by atoms with E-state index >= 15 is 0 Å². The molecule has 40 heavy (non-hydrogen) atoms. The summed E-state index contributed by atoms with van der Waals surface area (Å²) < 4.78 is 10.9. The minimum Gasteiger partial charge on any atom is -0.504 e. The predicted octanol–water partition coefficient (Wildman–Crippen LogP) is 2.64. The monoisotopic (exact) mass is 551 g/mol. The van der Waals surface area contributed by atoms with Gasteiger partial charge in [-0.05, 0) is 62.9 Å². The molecule has 2 amide bonds. The van der Waals surface area contributed by atoms with Crippen molar-refractivity contribution in [3.63, 3.8) is 0 Å². The van der Waals surface area contributed by atoms with Gasteiger partial charge in [0.1, 0.15) is 6.10 Å². The number of phenolic OH excluding ortho intramolecular Hbond substituents is 1. The number of piperazine rings is 1.